The molecule has 1 saturated heterocycles. The molecule has 34 heavy (non-hydrogen) atoms. The van der Waals surface area contributed by atoms with Gasteiger partial charge in [0.25, 0.3) is 0 Å². The van der Waals surface area contributed by atoms with E-state index in [9.17, 15) is 18.0 Å². The first kappa shape index (κ1) is 24.9. The lowest BCUT2D eigenvalue weighted by molar-refractivity contribution is -0.137. The number of thiophene rings is 1. The number of rotatable bonds is 5. The molecule has 3 aromatic rings. The van der Waals surface area contributed by atoms with Gasteiger partial charge in [0.05, 0.1) is 21.2 Å². The molecule has 4 rings (SSSR count). The number of piperazine rings is 1. The Hall–Kier alpha value is -2.26. The van der Waals surface area contributed by atoms with Crippen LogP contribution in [0.15, 0.2) is 42.5 Å². The van der Waals surface area contributed by atoms with Crippen LogP contribution in [-0.4, -0.2) is 36.9 Å². The molecule has 0 atom stereocenters. The molecule has 1 fully saturated rings. The normalized spacial score (nSPS) is 15.1. The summed E-state index contributed by atoms with van der Waals surface area (Å²) in [5, 5.41) is 0.720. The van der Waals surface area contributed by atoms with Crippen molar-refractivity contribution in [2.24, 2.45) is 0 Å². The molecule has 0 amide bonds. The molecule has 0 unspecified atom stereocenters. The van der Waals surface area contributed by atoms with E-state index in [4.69, 9.17) is 28.9 Å². The Morgan fingerprint density at radius 3 is 2.32 bits per heavy atom. The SMILES string of the molecule is Cc1sc(N)c(C(=O)c2ccc(Cl)cc2)c1CN1CCN(c2ccc(Cl)c(C(F)(F)F)c2)CC1. The highest BCUT2D eigenvalue weighted by molar-refractivity contribution is 7.16. The summed E-state index contributed by atoms with van der Waals surface area (Å²) in [7, 11) is 0. The van der Waals surface area contributed by atoms with Gasteiger partial charge in [0.2, 0.25) is 0 Å². The lowest BCUT2D eigenvalue weighted by Crippen LogP contribution is -2.46. The van der Waals surface area contributed by atoms with Gasteiger partial charge >= 0.3 is 6.18 Å². The average Bonchev–Trinajstić information content (AvgIpc) is 3.06. The van der Waals surface area contributed by atoms with Crippen molar-refractivity contribution in [3.63, 3.8) is 0 Å². The molecule has 0 saturated carbocycles. The van der Waals surface area contributed by atoms with Gasteiger partial charge in [-0.25, -0.2) is 0 Å². The van der Waals surface area contributed by atoms with Gasteiger partial charge in [0.15, 0.2) is 5.78 Å². The van der Waals surface area contributed by atoms with Crippen molar-refractivity contribution in [3.05, 3.63) is 79.6 Å². The molecule has 1 aliphatic rings. The number of carbonyl (C=O) groups is 1. The van der Waals surface area contributed by atoms with Crippen LogP contribution < -0.4 is 10.6 Å². The van der Waals surface area contributed by atoms with Crippen molar-refractivity contribution in [1.29, 1.82) is 0 Å². The number of hydrogen-bond acceptors (Lipinski definition) is 5. The van der Waals surface area contributed by atoms with Gasteiger partial charge in [-0.15, -0.1) is 11.3 Å². The highest BCUT2D eigenvalue weighted by Crippen LogP contribution is 2.37. The second kappa shape index (κ2) is 9.77. The van der Waals surface area contributed by atoms with Gasteiger partial charge in [0.1, 0.15) is 0 Å². The first-order chi connectivity index (χ1) is 16.0. The summed E-state index contributed by atoms with van der Waals surface area (Å²) < 4.78 is 39.7. The van der Waals surface area contributed by atoms with E-state index in [0.717, 1.165) is 16.5 Å². The van der Waals surface area contributed by atoms with Crippen LogP contribution in [0.4, 0.5) is 23.9 Å². The van der Waals surface area contributed by atoms with Gasteiger partial charge in [-0.2, -0.15) is 13.2 Å². The smallest absolute Gasteiger partial charge is 0.390 e. The Morgan fingerprint density at radius 1 is 1.06 bits per heavy atom. The minimum atomic E-state index is -4.50. The molecule has 1 aromatic heterocycles. The predicted molar refractivity (Wildman–Crippen MR) is 132 cm³/mol. The van der Waals surface area contributed by atoms with Crippen LogP contribution in [0.3, 0.4) is 0 Å². The average molecular weight is 528 g/mol. The fraction of sp³-hybridized carbons (Fsp3) is 0.292. The zero-order valence-corrected chi connectivity index (χ0v) is 20.6. The number of nitrogen functional groups attached to an aromatic ring is 1. The number of nitrogens with zero attached hydrogens (tertiary/aromatic N) is 2. The van der Waals surface area contributed by atoms with E-state index >= 15 is 0 Å². The summed E-state index contributed by atoms with van der Waals surface area (Å²) >= 11 is 13.1. The monoisotopic (exact) mass is 527 g/mol. The molecule has 0 radical (unpaired) electrons. The highest BCUT2D eigenvalue weighted by Gasteiger charge is 2.34. The van der Waals surface area contributed by atoms with Crippen molar-refractivity contribution in [1.82, 2.24) is 4.90 Å². The van der Waals surface area contributed by atoms with Crippen LogP contribution in [0.1, 0.15) is 31.9 Å². The largest absolute Gasteiger partial charge is 0.417 e. The summed E-state index contributed by atoms with van der Waals surface area (Å²) in [5.41, 5.74) is 7.80. The fourth-order valence-electron chi connectivity index (χ4n) is 4.10. The zero-order valence-electron chi connectivity index (χ0n) is 18.3. The second-order valence-corrected chi connectivity index (χ2v) is 10.2. The van der Waals surface area contributed by atoms with Crippen molar-refractivity contribution in [2.75, 3.05) is 36.8 Å². The molecular weight excluding hydrogens is 506 g/mol. The standard InChI is InChI=1S/C24H22Cl2F3N3OS/c1-14-18(21(23(30)34-14)22(33)15-2-4-16(25)5-3-15)13-31-8-10-32(11-9-31)17-6-7-20(26)19(12-17)24(27,28)29/h2-7,12H,8-11,13,30H2,1H3. The maximum atomic E-state index is 13.2. The Labute approximate surface area is 209 Å². The number of halogens is 5. The predicted octanol–water partition coefficient (Wildman–Crippen LogP) is 6.52. The Balaban J connectivity index is 1.48. The van der Waals surface area contributed by atoms with E-state index in [1.54, 1.807) is 30.3 Å². The van der Waals surface area contributed by atoms with Crippen molar-refractivity contribution < 1.29 is 18.0 Å². The molecule has 0 spiro atoms. The molecule has 2 N–H and O–H groups in total. The molecule has 2 aromatic carbocycles. The topological polar surface area (TPSA) is 49.6 Å². The Bertz CT molecular complexity index is 1200. The maximum absolute atomic E-state index is 13.2. The first-order valence-corrected chi connectivity index (χ1v) is 12.1. The summed E-state index contributed by atoms with van der Waals surface area (Å²) in [6.45, 7) is 4.85. The van der Waals surface area contributed by atoms with Crippen LogP contribution in [0, 0.1) is 6.92 Å². The summed E-state index contributed by atoms with van der Waals surface area (Å²) in [6.07, 6.45) is -4.50. The van der Waals surface area contributed by atoms with E-state index in [0.29, 0.717) is 59.6 Å². The molecule has 0 bridgehead atoms. The number of alkyl halides is 3. The van der Waals surface area contributed by atoms with Crippen molar-refractivity contribution in [2.45, 2.75) is 19.6 Å². The molecule has 180 valence electrons. The summed E-state index contributed by atoms with van der Waals surface area (Å²) in [6, 6.07) is 10.7. The third-order valence-corrected chi connectivity index (χ3v) is 7.50. The summed E-state index contributed by atoms with van der Waals surface area (Å²) in [5.74, 6) is -0.145. The van der Waals surface area contributed by atoms with Gasteiger partial charge in [-0.05, 0) is 55.0 Å². The van der Waals surface area contributed by atoms with Gasteiger partial charge in [-0.1, -0.05) is 23.2 Å². The van der Waals surface area contributed by atoms with E-state index in [1.165, 1.54) is 17.4 Å². The zero-order chi connectivity index (χ0) is 24.6. The van der Waals surface area contributed by atoms with Crippen LogP contribution in [-0.2, 0) is 12.7 Å². The van der Waals surface area contributed by atoms with E-state index < -0.39 is 11.7 Å². The highest BCUT2D eigenvalue weighted by atomic mass is 35.5. The number of aryl methyl sites for hydroxylation is 1. The maximum Gasteiger partial charge on any atom is 0.417 e. The van der Waals surface area contributed by atoms with Crippen LogP contribution in [0.5, 0.6) is 0 Å². The molecule has 4 nitrogen and oxygen atoms in total. The lowest BCUT2D eigenvalue weighted by atomic mass is 9.99. The fourth-order valence-corrected chi connectivity index (χ4v) is 5.39. The minimum absolute atomic E-state index is 0.145. The van der Waals surface area contributed by atoms with Crippen LogP contribution in [0.25, 0.3) is 0 Å². The number of anilines is 2. The van der Waals surface area contributed by atoms with Gasteiger partial charge < -0.3 is 10.6 Å². The van der Waals surface area contributed by atoms with E-state index in [1.807, 2.05) is 11.8 Å². The quantitative estimate of drug-likeness (QED) is 0.384. The van der Waals surface area contributed by atoms with Crippen molar-refractivity contribution >= 4 is 51.0 Å². The van der Waals surface area contributed by atoms with E-state index in [2.05, 4.69) is 4.90 Å². The van der Waals surface area contributed by atoms with Crippen LogP contribution >= 0.6 is 34.5 Å². The number of ketones is 1. The first-order valence-electron chi connectivity index (χ1n) is 10.6. The summed E-state index contributed by atoms with van der Waals surface area (Å²) in [4.78, 5) is 18.3. The molecule has 0 aliphatic carbocycles. The molecule has 2 heterocycles. The number of carbonyl (C=O) groups excluding carboxylic acids is 1. The number of hydrogen-bond donors (Lipinski definition) is 1. The third-order valence-electron chi connectivity index (χ3n) is 5.94. The van der Waals surface area contributed by atoms with Crippen LogP contribution in [0.2, 0.25) is 10.0 Å². The second-order valence-electron chi connectivity index (χ2n) is 8.14. The lowest BCUT2D eigenvalue weighted by Gasteiger charge is -2.36. The minimum Gasteiger partial charge on any atom is -0.390 e. The third kappa shape index (κ3) is 5.20. The Kier molecular flexibility index (Phi) is 7.14. The molecule has 1 aliphatic heterocycles. The number of benzene rings is 2. The van der Waals surface area contributed by atoms with Gasteiger partial charge in [-0.3, -0.25) is 9.69 Å². The van der Waals surface area contributed by atoms with Gasteiger partial charge in [0, 0.05) is 53.9 Å². The van der Waals surface area contributed by atoms with Crippen molar-refractivity contribution in [3.8, 4) is 0 Å². The Morgan fingerprint density at radius 2 is 1.71 bits per heavy atom. The number of nitrogens with two attached hydrogens (primary N) is 1. The molecule has 10 heteroatoms. The molecular formula is C24H22Cl2F3N3OS. The van der Waals surface area contributed by atoms with E-state index in [-0.39, 0.29) is 10.8 Å².